The first-order chi connectivity index (χ1) is 9.56. The van der Waals surface area contributed by atoms with Crippen molar-refractivity contribution in [3.05, 3.63) is 42.5 Å². The molecular formula is C18H23NO. The van der Waals surface area contributed by atoms with Crippen molar-refractivity contribution in [2.75, 3.05) is 0 Å². The van der Waals surface area contributed by atoms with E-state index < -0.39 is 0 Å². The van der Waals surface area contributed by atoms with Gasteiger partial charge in [-0.15, -0.1) is 0 Å². The van der Waals surface area contributed by atoms with Gasteiger partial charge in [-0.25, -0.2) is 0 Å². The van der Waals surface area contributed by atoms with Gasteiger partial charge >= 0.3 is 0 Å². The predicted molar refractivity (Wildman–Crippen MR) is 84.0 cm³/mol. The molecule has 0 spiro atoms. The van der Waals surface area contributed by atoms with E-state index in [1.807, 2.05) is 0 Å². The molecule has 0 aromatic heterocycles. The van der Waals surface area contributed by atoms with E-state index in [1.54, 1.807) is 0 Å². The van der Waals surface area contributed by atoms with Crippen LogP contribution >= 0.6 is 0 Å². The third-order valence-electron chi connectivity index (χ3n) is 4.62. The highest BCUT2D eigenvalue weighted by molar-refractivity contribution is 5.83. The molecule has 0 bridgehead atoms. The molecule has 1 aliphatic carbocycles. The lowest BCUT2D eigenvalue weighted by atomic mass is 9.72. The number of hydrogen-bond acceptors (Lipinski definition) is 2. The molecule has 106 valence electrons. The van der Waals surface area contributed by atoms with E-state index in [4.69, 9.17) is 10.5 Å². The maximum absolute atomic E-state index is 6.39. The molecule has 0 amide bonds. The first-order valence-corrected chi connectivity index (χ1v) is 7.47. The van der Waals surface area contributed by atoms with Crippen LogP contribution in [-0.4, -0.2) is 12.1 Å². The summed E-state index contributed by atoms with van der Waals surface area (Å²) in [5, 5.41) is 2.46. The van der Waals surface area contributed by atoms with Gasteiger partial charge in [0.1, 0.15) is 11.9 Å². The third kappa shape index (κ3) is 2.53. The second-order valence-corrected chi connectivity index (χ2v) is 6.57. The summed E-state index contributed by atoms with van der Waals surface area (Å²) in [6, 6.07) is 14.7. The molecule has 2 heteroatoms. The molecule has 2 aromatic carbocycles. The van der Waals surface area contributed by atoms with Crippen LogP contribution in [0.1, 0.15) is 33.1 Å². The molecule has 2 aromatic rings. The summed E-state index contributed by atoms with van der Waals surface area (Å²) in [4.78, 5) is 0. The Morgan fingerprint density at radius 3 is 2.65 bits per heavy atom. The SMILES string of the molecule is CC1(C)CCCC(Oc2ccc3ccccc3c2)C1N. The Bertz CT molecular complexity index is 605. The van der Waals surface area contributed by atoms with Crippen LogP contribution < -0.4 is 10.5 Å². The third-order valence-corrected chi connectivity index (χ3v) is 4.62. The summed E-state index contributed by atoms with van der Waals surface area (Å²) in [7, 11) is 0. The zero-order valence-corrected chi connectivity index (χ0v) is 12.3. The number of hydrogen-bond donors (Lipinski definition) is 1. The average molecular weight is 269 g/mol. The van der Waals surface area contributed by atoms with Crippen LogP contribution in [0.3, 0.4) is 0 Å². The maximum Gasteiger partial charge on any atom is 0.120 e. The van der Waals surface area contributed by atoms with Gasteiger partial charge in [-0.1, -0.05) is 44.2 Å². The minimum Gasteiger partial charge on any atom is -0.489 e. The summed E-state index contributed by atoms with van der Waals surface area (Å²) >= 11 is 0. The van der Waals surface area contributed by atoms with Crippen LogP contribution in [0.25, 0.3) is 10.8 Å². The molecule has 1 aliphatic rings. The molecule has 3 rings (SSSR count). The van der Waals surface area contributed by atoms with Crippen molar-refractivity contribution in [3.8, 4) is 5.75 Å². The highest BCUT2D eigenvalue weighted by atomic mass is 16.5. The average Bonchev–Trinajstić information content (AvgIpc) is 2.44. The first kappa shape index (κ1) is 13.4. The van der Waals surface area contributed by atoms with Crippen LogP contribution in [0.15, 0.2) is 42.5 Å². The summed E-state index contributed by atoms with van der Waals surface area (Å²) < 4.78 is 6.19. The Hall–Kier alpha value is -1.54. The summed E-state index contributed by atoms with van der Waals surface area (Å²) in [5.41, 5.74) is 6.56. The van der Waals surface area contributed by atoms with Crippen LogP contribution in [0.4, 0.5) is 0 Å². The molecule has 0 heterocycles. The lowest BCUT2D eigenvalue weighted by Gasteiger charge is -2.41. The highest BCUT2D eigenvalue weighted by Crippen LogP contribution is 2.36. The Labute approximate surface area is 120 Å². The van der Waals surface area contributed by atoms with Gasteiger partial charge in [0, 0.05) is 6.04 Å². The van der Waals surface area contributed by atoms with Crippen molar-refractivity contribution >= 4 is 10.8 Å². The summed E-state index contributed by atoms with van der Waals surface area (Å²) in [6.45, 7) is 4.49. The molecular weight excluding hydrogens is 246 g/mol. The predicted octanol–water partition coefficient (Wildman–Crippen LogP) is 4.12. The highest BCUT2D eigenvalue weighted by Gasteiger charge is 2.37. The molecule has 1 fully saturated rings. The van der Waals surface area contributed by atoms with Gasteiger partial charge in [0.05, 0.1) is 0 Å². The van der Waals surface area contributed by atoms with Crippen LogP contribution in [0.2, 0.25) is 0 Å². The van der Waals surface area contributed by atoms with Crippen LogP contribution in [-0.2, 0) is 0 Å². The zero-order valence-electron chi connectivity index (χ0n) is 12.3. The molecule has 2 atom stereocenters. The maximum atomic E-state index is 6.39. The molecule has 2 unspecified atom stereocenters. The molecule has 0 aliphatic heterocycles. The first-order valence-electron chi connectivity index (χ1n) is 7.47. The summed E-state index contributed by atoms with van der Waals surface area (Å²) in [6.07, 6.45) is 3.56. The number of benzene rings is 2. The lowest BCUT2D eigenvalue weighted by molar-refractivity contribution is 0.0568. The number of ether oxygens (including phenoxy) is 1. The fourth-order valence-electron chi connectivity index (χ4n) is 3.16. The smallest absolute Gasteiger partial charge is 0.120 e. The Kier molecular flexibility index (Phi) is 3.43. The van der Waals surface area contributed by atoms with Gasteiger partial charge in [-0.05, 0) is 47.6 Å². The van der Waals surface area contributed by atoms with Crippen molar-refractivity contribution in [2.45, 2.75) is 45.3 Å². The van der Waals surface area contributed by atoms with Crippen molar-refractivity contribution in [1.29, 1.82) is 0 Å². The van der Waals surface area contributed by atoms with E-state index in [1.165, 1.54) is 23.6 Å². The van der Waals surface area contributed by atoms with Crippen molar-refractivity contribution in [1.82, 2.24) is 0 Å². The van der Waals surface area contributed by atoms with E-state index in [9.17, 15) is 0 Å². The van der Waals surface area contributed by atoms with Crippen molar-refractivity contribution in [2.24, 2.45) is 11.1 Å². The van der Waals surface area contributed by atoms with E-state index >= 15 is 0 Å². The van der Waals surface area contributed by atoms with E-state index in [0.717, 1.165) is 12.2 Å². The molecule has 0 radical (unpaired) electrons. The second kappa shape index (κ2) is 5.10. The van der Waals surface area contributed by atoms with Crippen molar-refractivity contribution < 1.29 is 4.74 Å². The molecule has 20 heavy (non-hydrogen) atoms. The normalized spacial score (nSPS) is 25.6. The second-order valence-electron chi connectivity index (χ2n) is 6.57. The molecule has 0 saturated heterocycles. The van der Waals surface area contributed by atoms with E-state index in [-0.39, 0.29) is 17.6 Å². The quantitative estimate of drug-likeness (QED) is 0.890. The van der Waals surface area contributed by atoms with Gasteiger partial charge in [-0.3, -0.25) is 0 Å². The van der Waals surface area contributed by atoms with E-state index in [2.05, 4.69) is 56.3 Å². The van der Waals surface area contributed by atoms with Crippen LogP contribution in [0.5, 0.6) is 5.75 Å². The number of fused-ring (bicyclic) bond motifs is 1. The topological polar surface area (TPSA) is 35.2 Å². The van der Waals surface area contributed by atoms with Gasteiger partial charge in [0.15, 0.2) is 0 Å². The van der Waals surface area contributed by atoms with Gasteiger partial charge < -0.3 is 10.5 Å². The van der Waals surface area contributed by atoms with Crippen molar-refractivity contribution in [3.63, 3.8) is 0 Å². The fourth-order valence-corrected chi connectivity index (χ4v) is 3.16. The van der Waals surface area contributed by atoms with Gasteiger partial charge in [-0.2, -0.15) is 0 Å². The Morgan fingerprint density at radius 2 is 1.85 bits per heavy atom. The minimum absolute atomic E-state index is 0.0997. The van der Waals surface area contributed by atoms with Gasteiger partial charge in [0.2, 0.25) is 0 Å². The number of nitrogens with two attached hydrogens (primary N) is 1. The zero-order chi connectivity index (χ0) is 14.2. The van der Waals surface area contributed by atoms with E-state index in [0.29, 0.717) is 0 Å². The fraction of sp³-hybridized carbons (Fsp3) is 0.444. The van der Waals surface area contributed by atoms with Gasteiger partial charge in [0.25, 0.3) is 0 Å². The standard InChI is InChI=1S/C18H23NO/c1-18(2)11-5-8-16(17(18)19)20-15-10-9-13-6-3-4-7-14(13)12-15/h3-4,6-7,9-10,12,16-17H,5,8,11,19H2,1-2H3. The lowest BCUT2D eigenvalue weighted by Crippen LogP contribution is -2.51. The Morgan fingerprint density at radius 1 is 1.10 bits per heavy atom. The largest absolute Gasteiger partial charge is 0.489 e. The Balaban J connectivity index is 1.82. The molecule has 2 N–H and O–H groups in total. The number of rotatable bonds is 2. The van der Waals surface area contributed by atoms with Crippen LogP contribution in [0, 0.1) is 5.41 Å². The summed E-state index contributed by atoms with van der Waals surface area (Å²) in [5.74, 6) is 0.932. The molecule has 1 saturated carbocycles. The molecule has 2 nitrogen and oxygen atoms in total. The monoisotopic (exact) mass is 269 g/mol. The minimum atomic E-state index is 0.0997.